The fraction of sp³-hybridized carbons (Fsp3) is 0.444. The number of hydrogen-bond acceptors (Lipinski definition) is 8. The zero-order valence-corrected chi connectivity index (χ0v) is 20.3. The second-order valence-electron chi connectivity index (χ2n) is 9.84. The highest BCUT2D eigenvalue weighted by Crippen LogP contribution is 2.33. The molecule has 1 N–H and O–H groups in total. The molecule has 3 saturated heterocycles. The Morgan fingerprint density at radius 1 is 0.914 bits per heavy atom. The van der Waals surface area contributed by atoms with Crippen LogP contribution in [0.15, 0.2) is 48.8 Å². The molecule has 0 radical (unpaired) electrons. The van der Waals surface area contributed by atoms with E-state index in [1.807, 2.05) is 18.3 Å². The van der Waals surface area contributed by atoms with Gasteiger partial charge >= 0.3 is 0 Å². The van der Waals surface area contributed by atoms with E-state index in [0.29, 0.717) is 17.6 Å². The highest BCUT2D eigenvalue weighted by Gasteiger charge is 2.37. The maximum Gasteiger partial charge on any atom is 0.130 e. The summed E-state index contributed by atoms with van der Waals surface area (Å²) >= 11 is 0. The third-order valence-electron chi connectivity index (χ3n) is 7.75. The van der Waals surface area contributed by atoms with Crippen molar-refractivity contribution in [1.29, 1.82) is 5.26 Å². The van der Waals surface area contributed by atoms with E-state index in [-0.39, 0.29) is 0 Å². The lowest BCUT2D eigenvalue weighted by Gasteiger charge is -2.51. The smallest absolute Gasteiger partial charge is 0.130 e. The molecule has 35 heavy (non-hydrogen) atoms. The predicted octanol–water partition coefficient (Wildman–Crippen LogP) is 2.31. The molecule has 0 amide bonds. The topological polar surface area (TPSA) is 74.6 Å². The molecule has 8 nitrogen and oxygen atoms in total. The number of pyridine rings is 2. The Morgan fingerprint density at radius 3 is 2.63 bits per heavy atom. The van der Waals surface area contributed by atoms with Crippen molar-refractivity contribution < 1.29 is 0 Å². The van der Waals surface area contributed by atoms with Crippen LogP contribution in [0.3, 0.4) is 0 Å². The van der Waals surface area contributed by atoms with E-state index in [0.717, 1.165) is 75.6 Å². The highest BCUT2D eigenvalue weighted by molar-refractivity contribution is 5.95. The Hall–Kier alpha value is -3.41. The summed E-state index contributed by atoms with van der Waals surface area (Å²) in [5, 5.41) is 14.0. The lowest BCUT2D eigenvalue weighted by molar-refractivity contribution is 0.108. The summed E-state index contributed by atoms with van der Waals surface area (Å²) in [5.74, 6) is 1.08. The second kappa shape index (κ2) is 9.33. The fourth-order valence-electron chi connectivity index (χ4n) is 5.99. The van der Waals surface area contributed by atoms with Gasteiger partial charge in [-0.1, -0.05) is 0 Å². The van der Waals surface area contributed by atoms with Gasteiger partial charge in [0.25, 0.3) is 0 Å². The zero-order chi connectivity index (χ0) is 23.8. The summed E-state index contributed by atoms with van der Waals surface area (Å²) in [5.41, 5.74) is 3.88. The van der Waals surface area contributed by atoms with Crippen LogP contribution in [0.1, 0.15) is 12.5 Å². The van der Waals surface area contributed by atoms with E-state index in [1.54, 1.807) is 6.20 Å². The Labute approximate surface area is 206 Å². The monoisotopic (exact) mass is 468 g/mol. The van der Waals surface area contributed by atoms with E-state index in [4.69, 9.17) is 0 Å². The molecular weight excluding hydrogens is 436 g/mol. The van der Waals surface area contributed by atoms with Crippen LogP contribution in [-0.4, -0.2) is 85.9 Å². The number of nitriles is 1. The molecular formula is C27H32N8. The van der Waals surface area contributed by atoms with Crippen LogP contribution >= 0.6 is 0 Å². The summed E-state index contributed by atoms with van der Waals surface area (Å²) in [6.07, 6.45) is 3.74. The highest BCUT2D eigenvalue weighted by atomic mass is 15.4. The Kier molecular flexibility index (Phi) is 5.88. The molecule has 2 unspecified atom stereocenters. The maximum absolute atomic E-state index is 9.55. The fourth-order valence-corrected chi connectivity index (χ4v) is 5.99. The SMILES string of the molecule is CC1CN(c2ccc(C#N)c3ncccc23)CC2CN(c3ccnc(N4CCNCC4)c3)CCN12. The minimum atomic E-state index is 0.436. The van der Waals surface area contributed by atoms with E-state index < -0.39 is 0 Å². The average Bonchev–Trinajstić information content (AvgIpc) is 2.92. The van der Waals surface area contributed by atoms with Crippen LogP contribution in [-0.2, 0) is 0 Å². The quantitative estimate of drug-likeness (QED) is 0.628. The minimum absolute atomic E-state index is 0.436. The van der Waals surface area contributed by atoms with E-state index in [1.165, 1.54) is 11.4 Å². The third kappa shape index (κ3) is 4.15. The normalized spacial score (nSPS) is 23.3. The molecule has 0 spiro atoms. The van der Waals surface area contributed by atoms with Gasteiger partial charge < -0.3 is 20.0 Å². The molecule has 2 aromatic heterocycles. The molecule has 0 saturated carbocycles. The van der Waals surface area contributed by atoms with Gasteiger partial charge in [-0.2, -0.15) is 5.26 Å². The van der Waals surface area contributed by atoms with Crippen molar-refractivity contribution in [3.05, 3.63) is 54.4 Å². The number of fused-ring (bicyclic) bond motifs is 2. The molecule has 2 atom stereocenters. The van der Waals surface area contributed by atoms with Gasteiger partial charge in [0.1, 0.15) is 11.9 Å². The predicted molar refractivity (Wildman–Crippen MR) is 140 cm³/mol. The van der Waals surface area contributed by atoms with Crippen molar-refractivity contribution in [3.8, 4) is 6.07 Å². The van der Waals surface area contributed by atoms with Crippen molar-refractivity contribution in [2.24, 2.45) is 0 Å². The summed E-state index contributed by atoms with van der Waals surface area (Å²) in [6, 6.07) is 15.7. The summed E-state index contributed by atoms with van der Waals surface area (Å²) in [4.78, 5) is 19.3. The molecule has 0 aliphatic carbocycles. The summed E-state index contributed by atoms with van der Waals surface area (Å²) in [6.45, 7) is 11.4. The van der Waals surface area contributed by atoms with E-state index in [9.17, 15) is 5.26 Å². The largest absolute Gasteiger partial charge is 0.368 e. The van der Waals surface area contributed by atoms with Crippen LogP contribution in [0.5, 0.6) is 0 Å². The summed E-state index contributed by atoms with van der Waals surface area (Å²) < 4.78 is 0. The number of nitrogens with zero attached hydrogens (tertiary/aromatic N) is 7. The summed E-state index contributed by atoms with van der Waals surface area (Å²) in [7, 11) is 0. The number of hydrogen-bond donors (Lipinski definition) is 1. The van der Waals surface area contributed by atoms with Crippen LogP contribution in [0, 0.1) is 11.3 Å². The van der Waals surface area contributed by atoms with Gasteiger partial charge in [-0.05, 0) is 37.3 Å². The van der Waals surface area contributed by atoms with Crippen LogP contribution < -0.4 is 20.0 Å². The standard InChI is InChI=1S/C27H32N8/c1-20-17-34(25-5-4-21(16-28)27-24(25)3-2-7-31-27)19-23-18-33(13-14-35(20)23)22-6-8-30-26(15-22)32-11-9-29-10-12-32/h2-8,15,20,23,29H,9-14,17-19H2,1H3. The first-order chi connectivity index (χ1) is 17.2. The number of benzene rings is 1. The van der Waals surface area contributed by atoms with E-state index in [2.05, 4.69) is 72.1 Å². The first-order valence-electron chi connectivity index (χ1n) is 12.7. The average molecular weight is 469 g/mol. The first kappa shape index (κ1) is 22.1. The second-order valence-corrected chi connectivity index (χ2v) is 9.84. The number of anilines is 3. The molecule has 3 aliphatic heterocycles. The van der Waals surface area contributed by atoms with Gasteiger partial charge in [0, 0.05) is 106 Å². The first-order valence-corrected chi connectivity index (χ1v) is 12.7. The molecule has 3 fully saturated rings. The Bertz CT molecular complexity index is 1250. The molecule has 3 aliphatic rings. The molecule has 0 bridgehead atoms. The van der Waals surface area contributed by atoms with Crippen molar-refractivity contribution in [1.82, 2.24) is 20.2 Å². The van der Waals surface area contributed by atoms with Crippen LogP contribution in [0.4, 0.5) is 17.2 Å². The number of piperazine rings is 3. The van der Waals surface area contributed by atoms with Gasteiger partial charge in [-0.15, -0.1) is 0 Å². The van der Waals surface area contributed by atoms with Gasteiger partial charge in [-0.25, -0.2) is 4.98 Å². The molecule has 5 heterocycles. The van der Waals surface area contributed by atoms with Crippen LogP contribution in [0.2, 0.25) is 0 Å². The number of aromatic nitrogens is 2. The van der Waals surface area contributed by atoms with Crippen molar-refractivity contribution in [3.63, 3.8) is 0 Å². The van der Waals surface area contributed by atoms with Crippen molar-refractivity contribution in [2.75, 3.05) is 73.6 Å². The van der Waals surface area contributed by atoms with Crippen LogP contribution in [0.25, 0.3) is 10.9 Å². The number of rotatable bonds is 3. The molecule has 1 aromatic carbocycles. The zero-order valence-electron chi connectivity index (χ0n) is 20.3. The van der Waals surface area contributed by atoms with Crippen molar-refractivity contribution in [2.45, 2.75) is 19.0 Å². The lowest BCUT2D eigenvalue weighted by Crippen LogP contribution is -2.65. The van der Waals surface area contributed by atoms with Gasteiger partial charge in [0.2, 0.25) is 0 Å². The maximum atomic E-state index is 9.55. The molecule has 8 heteroatoms. The third-order valence-corrected chi connectivity index (χ3v) is 7.75. The lowest BCUT2D eigenvalue weighted by atomic mass is 10.0. The van der Waals surface area contributed by atoms with Gasteiger partial charge in [0.15, 0.2) is 0 Å². The van der Waals surface area contributed by atoms with Crippen molar-refractivity contribution >= 4 is 28.1 Å². The Balaban J connectivity index is 1.24. The molecule has 6 rings (SSSR count). The Morgan fingerprint density at radius 2 is 1.77 bits per heavy atom. The molecule has 3 aromatic rings. The van der Waals surface area contributed by atoms with Gasteiger partial charge in [-0.3, -0.25) is 9.88 Å². The minimum Gasteiger partial charge on any atom is -0.368 e. The molecule has 180 valence electrons. The van der Waals surface area contributed by atoms with Gasteiger partial charge in [0.05, 0.1) is 11.1 Å². The number of nitrogens with one attached hydrogen (secondary N) is 1. The van der Waals surface area contributed by atoms with E-state index >= 15 is 0 Å².